The highest BCUT2D eigenvalue weighted by molar-refractivity contribution is 7.07. The Morgan fingerprint density at radius 2 is 2.06 bits per heavy atom. The minimum absolute atomic E-state index is 0.0448. The van der Waals surface area contributed by atoms with Gasteiger partial charge in [0.15, 0.2) is 11.4 Å². The fraction of sp³-hybridized carbons (Fsp3) is 0.174. The third kappa shape index (κ3) is 4.46. The van der Waals surface area contributed by atoms with Crippen LogP contribution < -0.4 is 14.9 Å². The number of ether oxygens (including phenoxy) is 1. The van der Waals surface area contributed by atoms with E-state index in [0.717, 1.165) is 41.3 Å². The lowest BCUT2D eigenvalue weighted by Crippen LogP contribution is -2.25. The number of amides is 1. The van der Waals surface area contributed by atoms with E-state index in [1.165, 1.54) is 0 Å². The van der Waals surface area contributed by atoms with Gasteiger partial charge < -0.3 is 19.2 Å². The number of benzene rings is 2. The first-order valence-electron chi connectivity index (χ1n) is 10.2. The highest BCUT2D eigenvalue weighted by Crippen LogP contribution is 2.33. The first-order valence-corrected chi connectivity index (χ1v) is 11.4. The Bertz CT molecular complexity index is 1310. The maximum atomic E-state index is 11.8. The number of anilines is 1. The standard InChI is InChI=1S/C23H20ClN5O2S/c24-17-3-5-18(6-4-17)26-23-29(10-1-9-28-11-8-25-15-28)20(14-32-23)16-2-7-21-19(12-16)27-22(30)13-31-21/h2-8,11-12,14-15H,1,9-10,13H2,(H,27,30). The third-order valence-corrected chi connectivity index (χ3v) is 6.23. The molecule has 162 valence electrons. The number of hydrogen-bond acceptors (Lipinski definition) is 5. The van der Waals surface area contributed by atoms with Gasteiger partial charge in [0.1, 0.15) is 5.75 Å². The molecule has 1 aliphatic rings. The number of nitrogens with zero attached hydrogens (tertiary/aromatic N) is 4. The molecule has 0 aliphatic carbocycles. The Morgan fingerprint density at radius 3 is 2.88 bits per heavy atom. The Balaban J connectivity index is 1.51. The molecule has 0 bridgehead atoms. The van der Waals surface area contributed by atoms with Crippen LogP contribution in [0.5, 0.6) is 5.75 Å². The molecular formula is C23H20ClN5O2S. The fourth-order valence-corrected chi connectivity index (χ4v) is 4.65. The van der Waals surface area contributed by atoms with E-state index in [-0.39, 0.29) is 12.5 Å². The molecule has 1 amide bonds. The summed E-state index contributed by atoms with van der Waals surface area (Å²) in [4.78, 5) is 21.6. The van der Waals surface area contributed by atoms with E-state index < -0.39 is 0 Å². The van der Waals surface area contributed by atoms with Gasteiger partial charge in [0.25, 0.3) is 5.91 Å². The zero-order chi connectivity index (χ0) is 21.9. The normalized spacial score (nSPS) is 13.5. The predicted octanol–water partition coefficient (Wildman–Crippen LogP) is 4.72. The number of nitrogens with one attached hydrogen (secondary N) is 1. The van der Waals surface area contributed by atoms with Crippen LogP contribution in [0.4, 0.5) is 11.4 Å². The molecule has 32 heavy (non-hydrogen) atoms. The maximum Gasteiger partial charge on any atom is 0.262 e. The Labute approximate surface area is 193 Å². The number of halogens is 1. The quantitative estimate of drug-likeness (QED) is 0.447. The summed E-state index contributed by atoms with van der Waals surface area (Å²) >= 11 is 7.61. The molecule has 1 aliphatic heterocycles. The van der Waals surface area contributed by atoms with Crippen LogP contribution in [-0.4, -0.2) is 26.6 Å². The molecule has 7 nitrogen and oxygen atoms in total. The van der Waals surface area contributed by atoms with Crippen molar-refractivity contribution in [1.29, 1.82) is 0 Å². The van der Waals surface area contributed by atoms with Crippen LogP contribution in [0.2, 0.25) is 5.02 Å². The van der Waals surface area contributed by atoms with Crippen LogP contribution in [0, 0.1) is 0 Å². The van der Waals surface area contributed by atoms with Crippen molar-refractivity contribution in [1.82, 2.24) is 14.1 Å². The number of carbonyl (C=O) groups is 1. The van der Waals surface area contributed by atoms with Crippen molar-refractivity contribution in [3.63, 3.8) is 0 Å². The zero-order valence-electron chi connectivity index (χ0n) is 17.1. The molecule has 0 saturated heterocycles. The van der Waals surface area contributed by atoms with Crippen LogP contribution in [0.25, 0.3) is 11.3 Å². The average Bonchev–Trinajstić information content (AvgIpc) is 3.45. The van der Waals surface area contributed by atoms with Crippen molar-refractivity contribution in [3.8, 4) is 17.0 Å². The molecule has 9 heteroatoms. The summed E-state index contributed by atoms with van der Waals surface area (Å²) in [6.07, 6.45) is 6.49. The van der Waals surface area contributed by atoms with Gasteiger partial charge >= 0.3 is 0 Å². The molecule has 0 radical (unpaired) electrons. The zero-order valence-corrected chi connectivity index (χ0v) is 18.6. The number of thiazole rings is 1. The van der Waals surface area contributed by atoms with Gasteiger partial charge in [-0.25, -0.2) is 9.98 Å². The van der Waals surface area contributed by atoms with Crippen molar-refractivity contribution < 1.29 is 9.53 Å². The first kappa shape index (κ1) is 20.5. The van der Waals surface area contributed by atoms with E-state index in [1.807, 2.05) is 55.0 Å². The van der Waals surface area contributed by atoms with Gasteiger partial charge in [-0.2, -0.15) is 0 Å². The van der Waals surface area contributed by atoms with E-state index in [9.17, 15) is 4.79 Å². The second kappa shape index (κ2) is 9.02. The van der Waals surface area contributed by atoms with E-state index in [1.54, 1.807) is 17.5 Å². The molecule has 0 saturated carbocycles. The van der Waals surface area contributed by atoms with Crippen LogP contribution in [0.1, 0.15) is 6.42 Å². The Morgan fingerprint density at radius 1 is 1.19 bits per heavy atom. The lowest BCUT2D eigenvalue weighted by molar-refractivity contribution is -0.118. The summed E-state index contributed by atoms with van der Waals surface area (Å²) in [6, 6.07) is 13.3. The lowest BCUT2D eigenvalue weighted by atomic mass is 10.1. The SMILES string of the molecule is O=C1COc2ccc(-c3csc(=Nc4ccc(Cl)cc4)n3CCCn3ccnc3)cc2N1. The fourth-order valence-electron chi connectivity index (χ4n) is 3.56. The summed E-state index contributed by atoms with van der Waals surface area (Å²) in [5, 5.41) is 5.67. The van der Waals surface area contributed by atoms with Crippen LogP contribution in [0.15, 0.2) is 71.6 Å². The number of imidazole rings is 1. The van der Waals surface area contributed by atoms with Crippen molar-refractivity contribution in [2.45, 2.75) is 19.5 Å². The molecule has 5 rings (SSSR count). The molecular weight excluding hydrogens is 446 g/mol. The highest BCUT2D eigenvalue weighted by Gasteiger charge is 2.18. The molecule has 4 aromatic rings. The number of aryl methyl sites for hydroxylation is 1. The summed E-state index contributed by atoms with van der Waals surface area (Å²) in [5.74, 6) is 0.535. The summed E-state index contributed by atoms with van der Waals surface area (Å²) in [7, 11) is 0. The van der Waals surface area contributed by atoms with Gasteiger partial charge in [-0.3, -0.25) is 4.79 Å². The largest absolute Gasteiger partial charge is 0.482 e. The highest BCUT2D eigenvalue weighted by atomic mass is 35.5. The number of rotatable bonds is 6. The van der Waals surface area contributed by atoms with E-state index in [0.29, 0.717) is 16.5 Å². The number of fused-ring (bicyclic) bond motifs is 1. The first-order chi connectivity index (χ1) is 15.7. The van der Waals surface area contributed by atoms with Crippen LogP contribution >= 0.6 is 22.9 Å². The molecule has 2 aromatic carbocycles. The van der Waals surface area contributed by atoms with E-state index in [2.05, 4.69) is 24.8 Å². The average molecular weight is 466 g/mol. The van der Waals surface area contributed by atoms with Gasteiger partial charge in [-0.15, -0.1) is 11.3 Å². The van der Waals surface area contributed by atoms with Gasteiger partial charge in [0.2, 0.25) is 0 Å². The summed E-state index contributed by atoms with van der Waals surface area (Å²) < 4.78 is 9.78. The van der Waals surface area contributed by atoms with Gasteiger partial charge in [-0.1, -0.05) is 11.6 Å². The predicted molar refractivity (Wildman–Crippen MR) is 125 cm³/mol. The van der Waals surface area contributed by atoms with Crippen molar-refractivity contribution >= 4 is 40.2 Å². The maximum absolute atomic E-state index is 11.8. The van der Waals surface area contributed by atoms with E-state index in [4.69, 9.17) is 21.3 Å². The van der Waals surface area contributed by atoms with Gasteiger partial charge in [-0.05, 0) is 48.9 Å². The minimum atomic E-state index is -0.147. The molecule has 0 atom stereocenters. The Hall–Kier alpha value is -3.36. The molecule has 0 unspecified atom stereocenters. The van der Waals surface area contributed by atoms with Gasteiger partial charge in [0, 0.05) is 41.4 Å². The van der Waals surface area contributed by atoms with Gasteiger partial charge in [0.05, 0.1) is 23.4 Å². The lowest BCUT2D eigenvalue weighted by Gasteiger charge is -2.19. The summed E-state index contributed by atoms with van der Waals surface area (Å²) in [6.45, 7) is 1.68. The second-order valence-corrected chi connectivity index (χ2v) is 8.62. The Kier molecular flexibility index (Phi) is 5.79. The van der Waals surface area contributed by atoms with Crippen molar-refractivity contribution in [2.24, 2.45) is 4.99 Å². The second-order valence-electron chi connectivity index (χ2n) is 7.35. The molecule has 2 aromatic heterocycles. The molecule has 0 spiro atoms. The topological polar surface area (TPSA) is 73.4 Å². The number of hydrogen-bond donors (Lipinski definition) is 1. The minimum Gasteiger partial charge on any atom is -0.482 e. The monoisotopic (exact) mass is 465 g/mol. The van der Waals surface area contributed by atoms with Crippen molar-refractivity contribution in [2.75, 3.05) is 11.9 Å². The molecule has 0 fully saturated rings. The van der Waals surface area contributed by atoms with Crippen molar-refractivity contribution in [3.05, 3.63) is 76.4 Å². The molecule has 3 heterocycles. The number of carbonyl (C=O) groups excluding carboxylic acids is 1. The van der Waals surface area contributed by atoms with Crippen LogP contribution in [-0.2, 0) is 17.9 Å². The number of aromatic nitrogens is 3. The molecule has 1 N–H and O–H groups in total. The van der Waals surface area contributed by atoms with Crippen LogP contribution in [0.3, 0.4) is 0 Å². The smallest absolute Gasteiger partial charge is 0.262 e. The summed E-state index contributed by atoms with van der Waals surface area (Å²) in [5.41, 5.74) is 3.56. The third-order valence-electron chi connectivity index (χ3n) is 5.11. The van der Waals surface area contributed by atoms with E-state index >= 15 is 0 Å².